The van der Waals surface area contributed by atoms with Crippen LogP contribution in [-0.4, -0.2) is 18.2 Å². The van der Waals surface area contributed by atoms with Crippen molar-refractivity contribution < 1.29 is 12.8 Å². The number of benzene rings is 3. The maximum absolute atomic E-state index is 13.4. The molecule has 6 nitrogen and oxygen atoms in total. The topological polar surface area (TPSA) is 95.0 Å². The molecule has 0 aliphatic rings. The lowest BCUT2D eigenvalue weighted by Gasteiger charge is -2.15. The summed E-state index contributed by atoms with van der Waals surface area (Å²) >= 11 is 0. The fourth-order valence-corrected chi connectivity index (χ4v) is 4.69. The van der Waals surface area contributed by atoms with Gasteiger partial charge >= 0.3 is 0 Å². The van der Waals surface area contributed by atoms with Crippen LogP contribution in [0.25, 0.3) is 27.7 Å². The number of primary sulfonamides is 1. The molecule has 0 radical (unpaired) electrons. The lowest BCUT2D eigenvalue weighted by Crippen LogP contribution is -2.22. The van der Waals surface area contributed by atoms with Gasteiger partial charge in [-0.1, -0.05) is 43.3 Å². The highest BCUT2D eigenvalue weighted by atomic mass is 32.2. The minimum atomic E-state index is -3.78. The SMILES string of the molecule is CCC(c1cccc(-c2nn(-c3ccc(F)cc3)c(=O)c3ccccc23)c1)S(N)(=O)=O. The van der Waals surface area contributed by atoms with Crippen LogP contribution in [0.3, 0.4) is 0 Å². The van der Waals surface area contributed by atoms with Crippen molar-refractivity contribution in [3.63, 3.8) is 0 Å². The van der Waals surface area contributed by atoms with Gasteiger partial charge < -0.3 is 0 Å². The standard InChI is InChI=1S/C23H20FN3O3S/c1-2-21(31(25,29)30)15-6-5-7-16(14-15)22-19-8-3-4-9-20(19)23(28)27(26-22)18-12-10-17(24)11-13-18/h3-14,21H,2H2,1H3,(H2,25,29,30). The van der Waals surface area contributed by atoms with Gasteiger partial charge in [0.15, 0.2) is 0 Å². The van der Waals surface area contributed by atoms with Crippen molar-refractivity contribution in [1.82, 2.24) is 9.78 Å². The molecule has 0 amide bonds. The Labute approximate surface area is 178 Å². The van der Waals surface area contributed by atoms with Gasteiger partial charge in [0.05, 0.1) is 22.0 Å². The predicted molar refractivity (Wildman–Crippen MR) is 119 cm³/mol. The van der Waals surface area contributed by atoms with Crippen LogP contribution in [0.2, 0.25) is 0 Å². The molecule has 8 heteroatoms. The van der Waals surface area contributed by atoms with E-state index in [-0.39, 0.29) is 5.56 Å². The molecule has 2 N–H and O–H groups in total. The largest absolute Gasteiger partial charge is 0.279 e. The Morgan fingerprint density at radius 1 is 1.00 bits per heavy atom. The second-order valence-corrected chi connectivity index (χ2v) is 8.95. The number of hydrogen-bond donors (Lipinski definition) is 1. The molecule has 0 aliphatic heterocycles. The highest BCUT2D eigenvalue weighted by Crippen LogP contribution is 2.30. The molecule has 4 rings (SSSR count). The molecule has 31 heavy (non-hydrogen) atoms. The quantitative estimate of drug-likeness (QED) is 0.512. The van der Waals surface area contributed by atoms with Gasteiger partial charge in [0, 0.05) is 10.9 Å². The maximum Gasteiger partial charge on any atom is 0.279 e. The van der Waals surface area contributed by atoms with Crippen LogP contribution in [0.5, 0.6) is 0 Å². The van der Waals surface area contributed by atoms with Gasteiger partial charge in [-0.05, 0) is 48.4 Å². The van der Waals surface area contributed by atoms with Crippen molar-refractivity contribution in [2.75, 3.05) is 0 Å². The number of halogens is 1. The molecule has 0 saturated carbocycles. The van der Waals surface area contributed by atoms with Crippen molar-refractivity contribution in [2.45, 2.75) is 18.6 Å². The Kier molecular flexibility index (Phi) is 5.43. The van der Waals surface area contributed by atoms with E-state index in [1.807, 2.05) is 0 Å². The molecule has 0 spiro atoms. The lowest BCUT2D eigenvalue weighted by atomic mass is 10.0. The number of sulfonamides is 1. The van der Waals surface area contributed by atoms with E-state index >= 15 is 0 Å². The second-order valence-electron chi connectivity index (χ2n) is 7.20. The zero-order valence-electron chi connectivity index (χ0n) is 16.7. The van der Waals surface area contributed by atoms with Gasteiger partial charge in [0.2, 0.25) is 10.0 Å². The summed E-state index contributed by atoms with van der Waals surface area (Å²) in [7, 11) is -3.78. The third-order valence-electron chi connectivity index (χ3n) is 5.18. The van der Waals surface area contributed by atoms with E-state index < -0.39 is 21.1 Å². The zero-order valence-corrected chi connectivity index (χ0v) is 17.5. The first kappa shape index (κ1) is 20.9. The molecule has 1 unspecified atom stereocenters. The number of nitrogens with two attached hydrogens (primary N) is 1. The molecular weight excluding hydrogens is 417 g/mol. The number of hydrogen-bond acceptors (Lipinski definition) is 4. The van der Waals surface area contributed by atoms with Gasteiger partial charge in [0.1, 0.15) is 5.82 Å². The van der Waals surface area contributed by atoms with Crippen LogP contribution in [-0.2, 0) is 10.0 Å². The molecule has 3 aromatic carbocycles. The first-order valence-electron chi connectivity index (χ1n) is 9.69. The molecule has 0 saturated heterocycles. The normalized spacial score (nSPS) is 12.7. The Bertz CT molecular complexity index is 1430. The van der Waals surface area contributed by atoms with Crippen molar-refractivity contribution in [2.24, 2.45) is 5.14 Å². The highest BCUT2D eigenvalue weighted by molar-refractivity contribution is 7.89. The van der Waals surface area contributed by atoms with Crippen molar-refractivity contribution in [1.29, 1.82) is 0 Å². The Morgan fingerprint density at radius 3 is 2.32 bits per heavy atom. The summed E-state index contributed by atoms with van der Waals surface area (Å²) in [6, 6.07) is 19.5. The van der Waals surface area contributed by atoms with Crippen molar-refractivity contribution in [3.05, 3.63) is 94.5 Å². The van der Waals surface area contributed by atoms with Crippen LogP contribution in [0.15, 0.2) is 77.6 Å². The average molecular weight is 437 g/mol. The zero-order chi connectivity index (χ0) is 22.2. The molecule has 4 aromatic rings. The van der Waals surface area contributed by atoms with Crippen LogP contribution in [0.1, 0.15) is 24.2 Å². The molecule has 0 aliphatic carbocycles. The van der Waals surface area contributed by atoms with E-state index in [0.717, 1.165) is 0 Å². The number of rotatable bonds is 5. The molecule has 1 atom stereocenters. The molecule has 0 bridgehead atoms. The van der Waals surface area contributed by atoms with E-state index in [9.17, 15) is 17.6 Å². The summed E-state index contributed by atoms with van der Waals surface area (Å²) in [6.07, 6.45) is 0.325. The van der Waals surface area contributed by atoms with E-state index in [4.69, 9.17) is 5.14 Å². The van der Waals surface area contributed by atoms with Crippen LogP contribution in [0, 0.1) is 5.82 Å². The summed E-state index contributed by atoms with van der Waals surface area (Å²) in [4.78, 5) is 13.1. The number of nitrogens with zero attached hydrogens (tertiary/aromatic N) is 2. The average Bonchev–Trinajstić information content (AvgIpc) is 2.75. The molecule has 1 heterocycles. The summed E-state index contributed by atoms with van der Waals surface area (Å²) in [5.41, 5.74) is 1.79. The molecule has 0 fully saturated rings. The van der Waals surface area contributed by atoms with E-state index in [0.29, 0.717) is 39.7 Å². The summed E-state index contributed by atoms with van der Waals surface area (Å²) in [5.74, 6) is -0.417. The van der Waals surface area contributed by atoms with Gasteiger partial charge in [0.25, 0.3) is 5.56 Å². The monoisotopic (exact) mass is 437 g/mol. The fraction of sp³-hybridized carbons (Fsp3) is 0.130. The van der Waals surface area contributed by atoms with E-state index in [1.54, 1.807) is 55.5 Å². The van der Waals surface area contributed by atoms with Gasteiger partial charge in [-0.15, -0.1) is 0 Å². The minimum absolute atomic E-state index is 0.325. The summed E-state index contributed by atoms with van der Waals surface area (Å²) < 4.78 is 38.6. The van der Waals surface area contributed by atoms with Crippen LogP contribution in [0.4, 0.5) is 4.39 Å². The van der Waals surface area contributed by atoms with E-state index in [1.165, 1.54) is 28.9 Å². The second kappa shape index (κ2) is 8.05. The molecule has 158 valence electrons. The van der Waals surface area contributed by atoms with Crippen molar-refractivity contribution in [3.8, 4) is 16.9 Å². The van der Waals surface area contributed by atoms with E-state index in [2.05, 4.69) is 5.10 Å². The third kappa shape index (κ3) is 3.99. The summed E-state index contributed by atoms with van der Waals surface area (Å²) in [6.45, 7) is 1.75. The number of fused-ring (bicyclic) bond motifs is 1. The first-order chi connectivity index (χ1) is 14.8. The maximum atomic E-state index is 13.4. The molecular formula is C23H20FN3O3S. The Morgan fingerprint density at radius 2 is 1.68 bits per heavy atom. The van der Waals surface area contributed by atoms with Crippen LogP contribution < -0.4 is 10.7 Å². The smallest absolute Gasteiger partial charge is 0.267 e. The Balaban J connectivity index is 1.98. The van der Waals surface area contributed by atoms with Gasteiger partial charge in [-0.3, -0.25) is 4.79 Å². The lowest BCUT2D eigenvalue weighted by molar-refractivity contribution is 0.581. The fourth-order valence-electron chi connectivity index (χ4n) is 3.70. The first-order valence-corrected chi connectivity index (χ1v) is 11.3. The van der Waals surface area contributed by atoms with Crippen LogP contribution >= 0.6 is 0 Å². The third-order valence-corrected chi connectivity index (χ3v) is 6.57. The number of aromatic nitrogens is 2. The summed E-state index contributed by atoms with van der Waals surface area (Å²) in [5, 5.41) is 10.2. The minimum Gasteiger partial charge on any atom is -0.267 e. The van der Waals surface area contributed by atoms with Gasteiger partial charge in [-0.2, -0.15) is 9.78 Å². The predicted octanol–water partition coefficient (Wildman–Crippen LogP) is 3.93. The Hall–Kier alpha value is -3.36. The molecule has 1 aromatic heterocycles. The highest BCUT2D eigenvalue weighted by Gasteiger charge is 2.22. The van der Waals surface area contributed by atoms with Crippen molar-refractivity contribution >= 4 is 20.8 Å². The van der Waals surface area contributed by atoms with Gasteiger partial charge in [-0.25, -0.2) is 17.9 Å².